The highest BCUT2D eigenvalue weighted by molar-refractivity contribution is 5.92. The van der Waals surface area contributed by atoms with E-state index >= 15 is 0 Å². The van der Waals surface area contributed by atoms with Gasteiger partial charge in [-0.1, -0.05) is 26.2 Å². The maximum atomic E-state index is 11.1. The van der Waals surface area contributed by atoms with Crippen LogP contribution in [0.1, 0.15) is 55.2 Å². The molecule has 0 aliphatic heterocycles. The Morgan fingerprint density at radius 2 is 2.00 bits per heavy atom. The molecule has 2 aromatic rings. The van der Waals surface area contributed by atoms with Crippen LogP contribution in [0.25, 0.3) is 11.0 Å². The molecule has 4 nitrogen and oxygen atoms in total. The standard InChI is InChI=1S/C16H20N2O2/c1-16(8-4-3-5-9-16)15-17-12-10-11(14(19)20)6-7-13(12)18(15)2/h6-7,10H,3-5,8-9H2,1-2H3,(H,19,20). The molecule has 0 atom stereocenters. The summed E-state index contributed by atoms with van der Waals surface area (Å²) in [6.45, 7) is 2.28. The van der Waals surface area contributed by atoms with Gasteiger partial charge in [-0.2, -0.15) is 0 Å². The van der Waals surface area contributed by atoms with Crippen LogP contribution in [0.4, 0.5) is 0 Å². The summed E-state index contributed by atoms with van der Waals surface area (Å²) in [6.07, 6.45) is 6.13. The fourth-order valence-electron chi connectivity index (χ4n) is 3.43. The Hall–Kier alpha value is -1.84. The largest absolute Gasteiger partial charge is 0.478 e. The predicted molar refractivity (Wildman–Crippen MR) is 78.1 cm³/mol. The highest BCUT2D eigenvalue weighted by Crippen LogP contribution is 2.39. The smallest absolute Gasteiger partial charge is 0.335 e. The zero-order valence-electron chi connectivity index (χ0n) is 12.0. The minimum absolute atomic E-state index is 0.120. The first-order valence-corrected chi connectivity index (χ1v) is 7.21. The van der Waals surface area contributed by atoms with Crippen molar-refractivity contribution in [3.8, 4) is 0 Å². The van der Waals surface area contributed by atoms with Gasteiger partial charge in [0, 0.05) is 12.5 Å². The number of carboxylic acids is 1. The van der Waals surface area contributed by atoms with E-state index in [4.69, 9.17) is 10.1 Å². The molecule has 20 heavy (non-hydrogen) atoms. The summed E-state index contributed by atoms with van der Waals surface area (Å²) in [5, 5.41) is 9.09. The molecular weight excluding hydrogens is 252 g/mol. The minimum Gasteiger partial charge on any atom is -0.478 e. The van der Waals surface area contributed by atoms with Crippen molar-refractivity contribution in [3.05, 3.63) is 29.6 Å². The molecule has 106 valence electrons. The SMILES string of the molecule is Cn1c(C2(C)CCCCC2)nc2cc(C(=O)O)ccc21. The molecule has 0 saturated heterocycles. The monoisotopic (exact) mass is 272 g/mol. The first-order chi connectivity index (χ1) is 9.51. The molecule has 0 spiro atoms. The highest BCUT2D eigenvalue weighted by Gasteiger charge is 2.33. The molecule has 1 aliphatic rings. The maximum absolute atomic E-state index is 11.1. The second-order valence-corrected chi connectivity index (χ2v) is 6.12. The molecule has 1 aromatic carbocycles. The van der Waals surface area contributed by atoms with Gasteiger partial charge in [-0.25, -0.2) is 9.78 Å². The van der Waals surface area contributed by atoms with Crippen molar-refractivity contribution in [2.75, 3.05) is 0 Å². The number of aromatic carboxylic acids is 1. The summed E-state index contributed by atoms with van der Waals surface area (Å²) in [7, 11) is 2.03. The number of imidazole rings is 1. The van der Waals surface area contributed by atoms with Crippen LogP contribution in [0, 0.1) is 0 Å². The normalized spacial score (nSPS) is 18.3. The van der Waals surface area contributed by atoms with E-state index in [1.165, 1.54) is 19.3 Å². The predicted octanol–water partition coefficient (Wildman–Crippen LogP) is 3.49. The first kappa shape index (κ1) is 13.2. The zero-order chi connectivity index (χ0) is 14.3. The summed E-state index contributed by atoms with van der Waals surface area (Å²) in [5.41, 5.74) is 2.22. The van der Waals surface area contributed by atoms with E-state index in [9.17, 15) is 4.79 Å². The van der Waals surface area contributed by atoms with Crippen molar-refractivity contribution >= 4 is 17.0 Å². The lowest BCUT2D eigenvalue weighted by molar-refractivity contribution is 0.0697. The van der Waals surface area contributed by atoms with Gasteiger partial charge in [0.2, 0.25) is 0 Å². The molecule has 0 amide bonds. The lowest BCUT2D eigenvalue weighted by Crippen LogP contribution is -2.28. The first-order valence-electron chi connectivity index (χ1n) is 7.21. The highest BCUT2D eigenvalue weighted by atomic mass is 16.4. The van der Waals surface area contributed by atoms with Crippen LogP contribution in [0.15, 0.2) is 18.2 Å². The van der Waals surface area contributed by atoms with Crippen molar-refractivity contribution in [1.82, 2.24) is 9.55 Å². The van der Waals surface area contributed by atoms with Gasteiger partial charge < -0.3 is 9.67 Å². The van der Waals surface area contributed by atoms with Crippen LogP contribution in [0.2, 0.25) is 0 Å². The Kier molecular flexibility index (Phi) is 3.04. The molecule has 1 fully saturated rings. The average molecular weight is 272 g/mol. The number of carboxylic acid groups (broad SMARTS) is 1. The van der Waals surface area contributed by atoms with Gasteiger partial charge in [-0.15, -0.1) is 0 Å². The summed E-state index contributed by atoms with van der Waals surface area (Å²) in [6, 6.07) is 5.19. The molecule has 0 unspecified atom stereocenters. The third kappa shape index (κ3) is 1.99. The minimum atomic E-state index is -0.900. The number of rotatable bonds is 2. The molecule has 1 aromatic heterocycles. The summed E-state index contributed by atoms with van der Waals surface area (Å²) in [4.78, 5) is 15.8. The Bertz CT molecular complexity index is 666. The van der Waals surface area contributed by atoms with Crippen molar-refractivity contribution in [1.29, 1.82) is 0 Å². The number of nitrogens with zero attached hydrogens (tertiary/aromatic N) is 2. The number of benzene rings is 1. The summed E-state index contributed by atoms with van der Waals surface area (Å²) < 4.78 is 2.13. The average Bonchev–Trinajstić information content (AvgIpc) is 2.77. The van der Waals surface area contributed by atoms with Crippen molar-refractivity contribution in [2.45, 2.75) is 44.4 Å². The molecule has 1 saturated carbocycles. The summed E-state index contributed by atoms with van der Waals surface area (Å²) in [5.74, 6) is 0.192. The number of hydrogen-bond donors (Lipinski definition) is 1. The summed E-state index contributed by atoms with van der Waals surface area (Å²) >= 11 is 0. The lowest BCUT2D eigenvalue weighted by Gasteiger charge is -2.32. The van der Waals surface area contributed by atoms with Crippen molar-refractivity contribution < 1.29 is 9.90 Å². The topological polar surface area (TPSA) is 55.1 Å². The van der Waals surface area contributed by atoms with Gasteiger partial charge in [0.05, 0.1) is 16.6 Å². The van der Waals surface area contributed by atoms with E-state index in [-0.39, 0.29) is 5.41 Å². The number of aryl methyl sites for hydroxylation is 1. The van der Waals surface area contributed by atoms with Crippen LogP contribution in [-0.4, -0.2) is 20.6 Å². The van der Waals surface area contributed by atoms with E-state index in [2.05, 4.69) is 11.5 Å². The van der Waals surface area contributed by atoms with Crippen molar-refractivity contribution in [2.24, 2.45) is 7.05 Å². The Labute approximate surface area is 118 Å². The zero-order valence-corrected chi connectivity index (χ0v) is 12.0. The number of hydrogen-bond acceptors (Lipinski definition) is 2. The Morgan fingerprint density at radius 1 is 1.30 bits per heavy atom. The molecule has 1 heterocycles. The Balaban J connectivity index is 2.12. The van der Waals surface area contributed by atoms with Gasteiger partial charge in [0.25, 0.3) is 0 Å². The maximum Gasteiger partial charge on any atom is 0.335 e. The molecule has 3 rings (SSSR count). The lowest BCUT2D eigenvalue weighted by atomic mass is 9.75. The van der Waals surface area contributed by atoms with Crippen LogP contribution in [0.3, 0.4) is 0 Å². The molecule has 0 bridgehead atoms. The van der Waals surface area contributed by atoms with Gasteiger partial charge in [-0.3, -0.25) is 0 Å². The van der Waals surface area contributed by atoms with E-state index in [0.29, 0.717) is 5.56 Å². The van der Waals surface area contributed by atoms with E-state index in [1.54, 1.807) is 12.1 Å². The molecule has 4 heteroatoms. The number of carbonyl (C=O) groups is 1. The Morgan fingerprint density at radius 3 is 2.65 bits per heavy atom. The third-order valence-electron chi connectivity index (χ3n) is 4.62. The van der Waals surface area contributed by atoms with Gasteiger partial charge in [0.15, 0.2) is 0 Å². The van der Waals surface area contributed by atoms with Gasteiger partial charge in [-0.05, 0) is 31.0 Å². The fraction of sp³-hybridized carbons (Fsp3) is 0.500. The van der Waals surface area contributed by atoms with Crippen LogP contribution >= 0.6 is 0 Å². The van der Waals surface area contributed by atoms with Crippen LogP contribution in [0.5, 0.6) is 0 Å². The second-order valence-electron chi connectivity index (χ2n) is 6.12. The third-order valence-corrected chi connectivity index (χ3v) is 4.62. The van der Waals surface area contributed by atoms with Crippen LogP contribution in [-0.2, 0) is 12.5 Å². The fourth-order valence-corrected chi connectivity index (χ4v) is 3.43. The van der Waals surface area contributed by atoms with Crippen LogP contribution < -0.4 is 0 Å². The quantitative estimate of drug-likeness (QED) is 0.910. The van der Waals surface area contributed by atoms with E-state index in [0.717, 1.165) is 29.7 Å². The molecule has 0 radical (unpaired) electrons. The van der Waals surface area contributed by atoms with E-state index in [1.807, 2.05) is 13.1 Å². The van der Waals surface area contributed by atoms with Gasteiger partial charge >= 0.3 is 5.97 Å². The van der Waals surface area contributed by atoms with Crippen molar-refractivity contribution in [3.63, 3.8) is 0 Å². The second kappa shape index (κ2) is 4.62. The number of fused-ring (bicyclic) bond motifs is 1. The number of aromatic nitrogens is 2. The molecule has 1 aliphatic carbocycles. The van der Waals surface area contributed by atoms with E-state index < -0.39 is 5.97 Å². The molecule has 1 N–H and O–H groups in total. The molecular formula is C16H20N2O2. The van der Waals surface area contributed by atoms with Gasteiger partial charge in [0.1, 0.15) is 5.82 Å².